The summed E-state index contributed by atoms with van der Waals surface area (Å²) in [5.41, 5.74) is 0.313. The summed E-state index contributed by atoms with van der Waals surface area (Å²) < 4.78 is 39.1. The monoisotopic (exact) mass is 442 g/mol. The fraction of sp³-hybridized carbons (Fsp3) is 0.0909. The molecule has 0 saturated heterocycles. The topological polar surface area (TPSA) is 58.4 Å². The van der Waals surface area contributed by atoms with Crippen LogP contribution in [-0.2, 0) is 0 Å². The van der Waals surface area contributed by atoms with Crippen molar-refractivity contribution in [1.82, 2.24) is 9.38 Å². The summed E-state index contributed by atoms with van der Waals surface area (Å²) >= 11 is -0.203. The molecule has 2 aromatic carbocycles. The summed E-state index contributed by atoms with van der Waals surface area (Å²) in [6.45, 7) is 2.00. The van der Waals surface area contributed by atoms with Crippen molar-refractivity contribution in [1.29, 1.82) is 0 Å². The third-order valence-electron chi connectivity index (χ3n) is 4.46. The molecule has 2 N–H and O–H groups in total. The van der Waals surface area contributed by atoms with Crippen molar-refractivity contribution >= 4 is 34.8 Å². The van der Waals surface area contributed by atoms with Gasteiger partial charge in [0.2, 0.25) is 0 Å². The van der Waals surface area contributed by atoms with Gasteiger partial charge in [-0.15, -0.1) is 0 Å². The number of fused-ring (bicyclic) bond motifs is 1. The Morgan fingerprint density at radius 2 is 1.58 bits per heavy atom. The van der Waals surface area contributed by atoms with Gasteiger partial charge in [0.15, 0.2) is 0 Å². The van der Waals surface area contributed by atoms with E-state index < -0.39 is 11.5 Å². The highest BCUT2D eigenvalue weighted by Gasteiger charge is 2.29. The van der Waals surface area contributed by atoms with Gasteiger partial charge in [0.05, 0.1) is 5.69 Å². The van der Waals surface area contributed by atoms with Crippen molar-refractivity contribution in [2.75, 3.05) is 10.6 Å². The Morgan fingerprint density at radius 3 is 2.16 bits per heavy atom. The minimum Gasteiger partial charge on any atom is -0.308 e. The number of amides is 2. The molecule has 0 unspecified atom stereocenters. The Labute approximate surface area is 180 Å². The maximum atomic E-state index is 12.4. The summed E-state index contributed by atoms with van der Waals surface area (Å²) in [7, 11) is 0. The molecule has 2 amide bonds. The van der Waals surface area contributed by atoms with E-state index in [2.05, 4.69) is 15.6 Å². The lowest BCUT2D eigenvalue weighted by atomic mass is 10.1. The van der Waals surface area contributed by atoms with Gasteiger partial charge in [-0.3, -0.25) is 0 Å². The number of rotatable bonds is 4. The van der Waals surface area contributed by atoms with Crippen LogP contribution in [0.2, 0.25) is 0 Å². The highest BCUT2D eigenvalue weighted by Crippen LogP contribution is 2.37. The first-order valence-electron chi connectivity index (χ1n) is 9.25. The molecule has 2 heterocycles. The fourth-order valence-corrected chi connectivity index (χ4v) is 3.59. The Morgan fingerprint density at radius 1 is 0.968 bits per heavy atom. The molecule has 0 aliphatic heterocycles. The van der Waals surface area contributed by atoms with E-state index in [1.54, 1.807) is 12.1 Å². The number of thioether (sulfide) groups is 1. The average Bonchev–Trinajstić information content (AvgIpc) is 3.15. The van der Waals surface area contributed by atoms with Gasteiger partial charge in [-0.2, -0.15) is 13.2 Å². The highest BCUT2D eigenvalue weighted by molar-refractivity contribution is 8.00. The maximum Gasteiger partial charge on any atom is 0.446 e. The number of urea groups is 1. The molecule has 0 atom stereocenters. The van der Waals surface area contributed by atoms with Gasteiger partial charge in [-0.1, -0.05) is 18.2 Å². The van der Waals surface area contributed by atoms with Crippen LogP contribution < -0.4 is 10.6 Å². The van der Waals surface area contributed by atoms with E-state index in [4.69, 9.17) is 0 Å². The number of alkyl halides is 3. The van der Waals surface area contributed by atoms with E-state index in [0.29, 0.717) is 11.4 Å². The van der Waals surface area contributed by atoms with E-state index in [9.17, 15) is 18.0 Å². The third-order valence-corrected chi connectivity index (χ3v) is 5.20. The number of aromatic nitrogens is 2. The van der Waals surface area contributed by atoms with Gasteiger partial charge in [0.1, 0.15) is 5.65 Å². The summed E-state index contributed by atoms with van der Waals surface area (Å²) in [6, 6.07) is 16.1. The molecule has 31 heavy (non-hydrogen) atoms. The van der Waals surface area contributed by atoms with Crippen LogP contribution in [0.3, 0.4) is 0 Å². The van der Waals surface area contributed by atoms with Crippen LogP contribution >= 0.6 is 11.8 Å². The molecular formula is C22H17F3N4OS. The molecule has 4 rings (SSSR count). The third kappa shape index (κ3) is 5.18. The normalized spacial score (nSPS) is 11.5. The number of carbonyl (C=O) groups excluding carboxylic acids is 1. The minimum atomic E-state index is -4.35. The number of hydrogen-bond donors (Lipinski definition) is 2. The summed E-state index contributed by atoms with van der Waals surface area (Å²) in [4.78, 5) is 16.9. The van der Waals surface area contributed by atoms with Crippen LogP contribution in [0.4, 0.5) is 29.3 Å². The van der Waals surface area contributed by atoms with Gasteiger partial charge in [0.25, 0.3) is 0 Å². The number of nitrogens with zero attached hydrogens (tertiary/aromatic N) is 2. The molecule has 5 nitrogen and oxygen atoms in total. The van der Waals surface area contributed by atoms with Crippen LogP contribution in [0.5, 0.6) is 0 Å². The molecule has 0 aliphatic rings. The number of imidazole rings is 1. The Bertz CT molecular complexity index is 1220. The first-order valence-corrected chi connectivity index (χ1v) is 10.1. The number of nitrogens with one attached hydrogen (secondary N) is 2. The number of pyridine rings is 1. The van der Waals surface area contributed by atoms with Crippen molar-refractivity contribution in [3.05, 3.63) is 78.6 Å². The Balaban J connectivity index is 1.39. The van der Waals surface area contributed by atoms with Crippen molar-refractivity contribution in [3.63, 3.8) is 0 Å². The maximum absolute atomic E-state index is 12.4. The quantitative estimate of drug-likeness (QED) is 0.352. The number of benzene rings is 2. The van der Waals surface area contributed by atoms with Crippen molar-refractivity contribution < 1.29 is 18.0 Å². The van der Waals surface area contributed by atoms with E-state index in [0.717, 1.165) is 22.5 Å². The predicted octanol–water partition coefficient (Wildman–Crippen LogP) is 6.57. The van der Waals surface area contributed by atoms with E-state index in [-0.39, 0.29) is 16.7 Å². The van der Waals surface area contributed by atoms with Crippen LogP contribution in [0.1, 0.15) is 5.56 Å². The molecule has 4 aromatic rings. The number of aryl methyl sites for hydroxylation is 1. The number of anilines is 2. The van der Waals surface area contributed by atoms with Gasteiger partial charge in [0, 0.05) is 34.2 Å². The van der Waals surface area contributed by atoms with E-state index in [1.807, 2.05) is 48.0 Å². The molecule has 0 aliphatic carbocycles. The number of carbonyl (C=O) groups is 1. The van der Waals surface area contributed by atoms with Crippen LogP contribution in [-0.4, -0.2) is 20.9 Å². The SMILES string of the molecule is Cc1cccn2cc(-c3ccc(NC(=O)Nc4ccc(SC(F)(F)F)cc4)cc3)nc12. The van der Waals surface area contributed by atoms with Crippen molar-refractivity contribution in [2.24, 2.45) is 0 Å². The fourth-order valence-electron chi connectivity index (χ4n) is 3.05. The highest BCUT2D eigenvalue weighted by atomic mass is 32.2. The van der Waals surface area contributed by atoms with Crippen LogP contribution in [0.15, 0.2) is 78.0 Å². The molecular weight excluding hydrogens is 425 g/mol. The zero-order valence-corrected chi connectivity index (χ0v) is 17.1. The molecule has 0 fully saturated rings. The van der Waals surface area contributed by atoms with Crippen LogP contribution in [0, 0.1) is 6.92 Å². The zero-order chi connectivity index (χ0) is 22.0. The second kappa shape index (κ2) is 8.35. The predicted molar refractivity (Wildman–Crippen MR) is 116 cm³/mol. The Kier molecular flexibility index (Phi) is 5.60. The summed E-state index contributed by atoms with van der Waals surface area (Å²) in [5, 5.41) is 5.29. The zero-order valence-electron chi connectivity index (χ0n) is 16.3. The number of hydrogen-bond acceptors (Lipinski definition) is 3. The molecule has 0 saturated carbocycles. The van der Waals surface area contributed by atoms with Gasteiger partial charge in [-0.05, 0) is 66.7 Å². The first-order chi connectivity index (χ1) is 14.8. The lowest BCUT2D eigenvalue weighted by molar-refractivity contribution is -0.0328. The van der Waals surface area contributed by atoms with Gasteiger partial charge < -0.3 is 15.0 Å². The molecule has 0 spiro atoms. The lowest BCUT2D eigenvalue weighted by Gasteiger charge is -2.09. The lowest BCUT2D eigenvalue weighted by Crippen LogP contribution is -2.19. The van der Waals surface area contributed by atoms with Gasteiger partial charge in [-0.25, -0.2) is 9.78 Å². The average molecular weight is 442 g/mol. The standard InChI is InChI=1S/C22H17F3N4OS/c1-14-3-2-12-29-13-19(28-20(14)29)15-4-6-16(7-5-15)26-21(30)27-17-8-10-18(11-9-17)31-22(23,24)25/h2-13H,1H3,(H2,26,27,30). The van der Waals surface area contributed by atoms with E-state index in [1.165, 1.54) is 24.3 Å². The Hall–Kier alpha value is -3.46. The molecule has 9 heteroatoms. The van der Waals surface area contributed by atoms with Gasteiger partial charge >= 0.3 is 11.5 Å². The first kappa shape index (κ1) is 20.8. The molecule has 2 aromatic heterocycles. The van der Waals surface area contributed by atoms with Crippen molar-refractivity contribution in [2.45, 2.75) is 17.3 Å². The van der Waals surface area contributed by atoms with Crippen LogP contribution in [0.25, 0.3) is 16.9 Å². The number of halogens is 3. The summed E-state index contributed by atoms with van der Waals surface area (Å²) in [5.74, 6) is 0. The molecule has 0 radical (unpaired) electrons. The van der Waals surface area contributed by atoms with Crippen molar-refractivity contribution in [3.8, 4) is 11.3 Å². The molecule has 0 bridgehead atoms. The second-order valence-electron chi connectivity index (χ2n) is 6.78. The van der Waals surface area contributed by atoms with E-state index >= 15 is 0 Å². The largest absolute Gasteiger partial charge is 0.446 e. The second-order valence-corrected chi connectivity index (χ2v) is 7.92. The molecule has 158 valence electrons. The summed E-state index contributed by atoms with van der Waals surface area (Å²) in [6.07, 6.45) is 3.88. The smallest absolute Gasteiger partial charge is 0.308 e. The minimum absolute atomic E-state index is 0.0520.